The van der Waals surface area contributed by atoms with Crippen LogP contribution in [0.25, 0.3) is 0 Å². The summed E-state index contributed by atoms with van der Waals surface area (Å²) >= 11 is 0. The molecule has 4 atom stereocenters. The largest absolute Gasteiger partial charge is 0.493 e. The Labute approximate surface area is 135 Å². The van der Waals surface area contributed by atoms with Gasteiger partial charge in [0.1, 0.15) is 0 Å². The molecule has 1 aliphatic heterocycles. The summed E-state index contributed by atoms with van der Waals surface area (Å²) < 4.78 is 84.8. The van der Waals surface area contributed by atoms with Crippen LogP contribution in [0.15, 0.2) is 12.1 Å². The highest BCUT2D eigenvalue weighted by Crippen LogP contribution is 2.54. The van der Waals surface area contributed by atoms with E-state index >= 15 is 0 Å². The molecule has 1 aliphatic rings. The van der Waals surface area contributed by atoms with Crippen molar-refractivity contribution in [3.05, 3.63) is 29.3 Å². The van der Waals surface area contributed by atoms with E-state index in [4.69, 9.17) is 10.8 Å². The monoisotopic (exact) mass is 355 g/mol. The molecule has 1 N–H and O–H groups in total. The number of hydrogen-bond acceptors (Lipinski definition) is 3. The average molecular weight is 355 g/mol. The normalized spacial score (nSPS) is 31.0. The Morgan fingerprint density at radius 1 is 1.46 bits per heavy atom. The van der Waals surface area contributed by atoms with Crippen LogP contribution in [-0.4, -0.2) is 36.1 Å². The predicted molar refractivity (Wildman–Crippen MR) is 71.8 cm³/mol. The Hall–Kier alpha value is -1.90. The first-order valence-corrected chi connectivity index (χ1v) is 6.86. The first-order chi connectivity index (χ1) is 11.4. The Morgan fingerprint density at radius 3 is 2.50 bits per heavy atom. The lowest BCUT2D eigenvalue weighted by Gasteiger charge is -2.31. The summed E-state index contributed by atoms with van der Waals surface area (Å²) in [5, 5.41) is 9.27. The second kappa shape index (κ2) is 5.87. The molecule has 4 nitrogen and oxygen atoms in total. The minimum atomic E-state index is -4.90. The second-order valence-corrected chi connectivity index (χ2v) is 5.70. The number of ether oxygens (including phenoxy) is 2. The fraction of sp³-hybridized carbons (Fsp3) is 0.533. The SMILES string of the molecule is [2H]c1cc([C@H]2[C@@H](C(=O)O)O[C@@](C)(C(F)(F)F)[C@H]2C)c(OC)c(F)c1F. The first-order valence-electron chi connectivity index (χ1n) is 7.36. The number of carboxylic acid groups (broad SMARTS) is 1. The summed E-state index contributed by atoms with van der Waals surface area (Å²) in [5.41, 5.74) is -3.18. The zero-order valence-corrected chi connectivity index (χ0v) is 12.9. The molecule has 1 heterocycles. The van der Waals surface area contributed by atoms with Crippen molar-refractivity contribution in [2.75, 3.05) is 7.11 Å². The van der Waals surface area contributed by atoms with Crippen molar-refractivity contribution in [1.82, 2.24) is 0 Å². The number of rotatable bonds is 3. The van der Waals surface area contributed by atoms with E-state index < -0.39 is 59.1 Å². The number of benzene rings is 1. The van der Waals surface area contributed by atoms with Crippen LogP contribution in [-0.2, 0) is 9.53 Å². The van der Waals surface area contributed by atoms with Crippen LogP contribution in [0.3, 0.4) is 0 Å². The zero-order chi connectivity index (χ0) is 19.3. The molecule has 0 bridgehead atoms. The summed E-state index contributed by atoms with van der Waals surface area (Å²) in [6.45, 7) is 1.80. The van der Waals surface area contributed by atoms with Crippen molar-refractivity contribution in [2.24, 2.45) is 5.92 Å². The molecule has 134 valence electrons. The van der Waals surface area contributed by atoms with Crippen molar-refractivity contribution in [2.45, 2.75) is 37.6 Å². The van der Waals surface area contributed by atoms with Crippen molar-refractivity contribution in [1.29, 1.82) is 0 Å². The maximum absolute atomic E-state index is 14.0. The molecular formula is C15H15F5O4. The quantitative estimate of drug-likeness (QED) is 0.844. The lowest BCUT2D eigenvalue weighted by Crippen LogP contribution is -2.47. The molecule has 0 spiro atoms. The van der Waals surface area contributed by atoms with Gasteiger partial charge in [-0.2, -0.15) is 17.6 Å². The summed E-state index contributed by atoms with van der Waals surface area (Å²) in [4.78, 5) is 11.4. The van der Waals surface area contributed by atoms with E-state index in [1.54, 1.807) is 0 Å². The van der Waals surface area contributed by atoms with Gasteiger partial charge in [0.15, 0.2) is 23.3 Å². The molecular weight excluding hydrogens is 339 g/mol. The molecule has 0 unspecified atom stereocenters. The molecule has 0 amide bonds. The van der Waals surface area contributed by atoms with Gasteiger partial charge in [-0.1, -0.05) is 13.0 Å². The molecule has 2 rings (SSSR count). The molecule has 1 aromatic rings. The Kier molecular flexibility index (Phi) is 4.15. The van der Waals surface area contributed by atoms with Crippen LogP contribution in [0.1, 0.15) is 26.7 Å². The number of carboxylic acids is 1. The van der Waals surface area contributed by atoms with E-state index in [0.29, 0.717) is 6.92 Å². The van der Waals surface area contributed by atoms with Crippen LogP contribution in [0.4, 0.5) is 22.0 Å². The molecule has 1 aromatic carbocycles. The first kappa shape index (κ1) is 16.9. The van der Waals surface area contributed by atoms with E-state index in [9.17, 15) is 31.9 Å². The number of aliphatic carboxylic acids is 1. The van der Waals surface area contributed by atoms with Crippen molar-refractivity contribution in [3.63, 3.8) is 0 Å². The predicted octanol–water partition coefficient (Wildman–Crippen LogP) is 3.50. The van der Waals surface area contributed by atoms with Gasteiger partial charge in [-0.05, 0) is 13.0 Å². The zero-order valence-electron chi connectivity index (χ0n) is 13.9. The van der Waals surface area contributed by atoms with E-state index in [1.165, 1.54) is 0 Å². The molecule has 9 heteroatoms. The van der Waals surface area contributed by atoms with Gasteiger partial charge in [-0.15, -0.1) is 0 Å². The lowest BCUT2D eigenvalue weighted by atomic mass is 9.77. The van der Waals surface area contributed by atoms with Gasteiger partial charge < -0.3 is 14.6 Å². The van der Waals surface area contributed by atoms with Crippen LogP contribution in [0.5, 0.6) is 5.75 Å². The number of halogens is 5. The van der Waals surface area contributed by atoms with Crippen molar-refractivity contribution < 1.29 is 42.7 Å². The molecule has 1 fully saturated rings. The highest BCUT2D eigenvalue weighted by atomic mass is 19.4. The minimum absolute atomic E-state index is 0.362. The molecule has 0 saturated carbocycles. The maximum Gasteiger partial charge on any atom is 0.417 e. The Morgan fingerprint density at radius 2 is 2.04 bits per heavy atom. The van der Waals surface area contributed by atoms with Gasteiger partial charge in [0, 0.05) is 17.4 Å². The Balaban J connectivity index is 2.70. The summed E-state index contributed by atoms with van der Waals surface area (Å²) in [6.07, 6.45) is -6.87. The second-order valence-electron chi connectivity index (χ2n) is 5.70. The van der Waals surface area contributed by atoms with Crippen LogP contribution >= 0.6 is 0 Å². The van der Waals surface area contributed by atoms with Gasteiger partial charge in [0.2, 0.25) is 5.82 Å². The van der Waals surface area contributed by atoms with Gasteiger partial charge in [-0.3, -0.25) is 0 Å². The highest BCUT2D eigenvalue weighted by molar-refractivity contribution is 5.75. The van der Waals surface area contributed by atoms with Gasteiger partial charge in [0.25, 0.3) is 0 Å². The van der Waals surface area contributed by atoms with Crippen LogP contribution < -0.4 is 4.74 Å². The summed E-state index contributed by atoms with van der Waals surface area (Å²) in [5.74, 6) is -8.51. The number of methoxy groups -OCH3 is 1. The van der Waals surface area contributed by atoms with Crippen LogP contribution in [0.2, 0.25) is 0 Å². The van der Waals surface area contributed by atoms with E-state index in [1.807, 2.05) is 0 Å². The smallest absolute Gasteiger partial charge is 0.417 e. The van der Waals surface area contributed by atoms with E-state index in [2.05, 4.69) is 0 Å². The fourth-order valence-electron chi connectivity index (χ4n) is 2.96. The van der Waals surface area contributed by atoms with Gasteiger partial charge in [-0.25, -0.2) is 9.18 Å². The number of carbonyl (C=O) groups is 1. The molecule has 0 aromatic heterocycles. The highest BCUT2D eigenvalue weighted by Gasteiger charge is 2.66. The molecule has 1 saturated heterocycles. The number of alkyl halides is 3. The Bertz CT molecular complexity index is 708. The third kappa shape index (κ3) is 2.60. The topological polar surface area (TPSA) is 55.8 Å². The number of hydrogen-bond donors (Lipinski definition) is 1. The van der Waals surface area contributed by atoms with E-state index in [-0.39, 0.29) is 5.56 Å². The standard InChI is InChI=1S/C15H15F5O4/c1-6-9(7-4-5-8(16)10(17)11(7)23-3)12(13(21)22)24-14(6,2)15(18,19)20/h4-6,9,12H,1-3H3,(H,21,22)/t6-,9-,12-,14+/m0/s1/i5D. The average Bonchev–Trinajstić information content (AvgIpc) is 2.78. The fourth-order valence-corrected chi connectivity index (χ4v) is 2.96. The molecule has 24 heavy (non-hydrogen) atoms. The molecule has 0 aliphatic carbocycles. The van der Waals surface area contributed by atoms with Crippen molar-refractivity contribution in [3.8, 4) is 5.75 Å². The van der Waals surface area contributed by atoms with Gasteiger partial charge >= 0.3 is 12.1 Å². The lowest BCUT2D eigenvalue weighted by molar-refractivity contribution is -0.273. The third-order valence-corrected chi connectivity index (χ3v) is 4.48. The van der Waals surface area contributed by atoms with E-state index in [0.717, 1.165) is 20.1 Å². The van der Waals surface area contributed by atoms with Gasteiger partial charge in [0.05, 0.1) is 8.48 Å². The summed E-state index contributed by atoms with van der Waals surface area (Å²) in [7, 11) is 0.962. The maximum atomic E-state index is 14.0. The summed E-state index contributed by atoms with van der Waals surface area (Å²) in [6, 6.07) is -0.162. The molecule has 0 radical (unpaired) electrons. The van der Waals surface area contributed by atoms with Crippen LogP contribution in [0, 0.1) is 17.6 Å². The van der Waals surface area contributed by atoms with Crippen molar-refractivity contribution >= 4 is 5.97 Å². The third-order valence-electron chi connectivity index (χ3n) is 4.48. The minimum Gasteiger partial charge on any atom is -0.493 e.